The van der Waals surface area contributed by atoms with E-state index in [-0.39, 0.29) is 17.9 Å². The third-order valence-corrected chi connectivity index (χ3v) is 4.09. The van der Waals surface area contributed by atoms with Gasteiger partial charge in [-0.05, 0) is 32.3 Å². The van der Waals surface area contributed by atoms with E-state index in [1.807, 2.05) is 17.8 Å². The van der Waals surface area contributed by atoms with Crippen molar-refractivity contribution in [2.24, 2.45) is 0 Å². The van der Waals surface area contributed by atoms with Gasteiger partial charge in [0, 0.05) is 25.3 Å². The number of unbranched alkanes of at least 4 members (excludes halogenated alkanes) is 1. The minimum Gasteiger partial charge on any atom is -0.342 e. The molecule has 2 aromatic rings. The van der Waals surface area contributed by atoms with E-state index in [1.54, 1.807) is 11.1 Å². The summed E-state index contributed by atoms with van der Waals surface area (Å²) < 4.78 is 1.89. The Morgan fingerprint density at radius 3 is 2.57 bits per heavy atom. The lowest BCUT2D eigenvalue weighted by atomic mass is 10.0. The van der Waals surface area contributed by atoms with Gasteiger partial charge in [0.05, 0.1) is 17.1 Å². The summed E-state index contributed by atoms with van der Waals surface area (Å²) in [5.41, 5.74) is 2.45. The minimum absolute atomic E-state index is 0.0519. The normalized spacial score (nSPS) is 11.7. The van der Waals surface area contributed by atoms with Crippen LogP contribution < -0.4 is 0 Å². The number of nitrogens with zero attached hydrogens (tertiary/aromatic N) is 4. The standard InChI is InChI=1S/C18H28N4O/c1-7-8-9-21(6)18(23)14-10-16(12(2)3)20-17-15(14)11-19-22(17)13(4)5/h10-13H,7-9H2,1-6H3. The van der Waals surface area contributed by atoms with Crippen LogP contribution in [0.25, 0.3) is 11.0 Å². The average Bonchev–Trinajstić information content (AvgIpc) is 2.94. The molecule has 2 heterocycles. The van der Waals surface area contributed by atoms with Crippen molar-refractivity contribution in [1.29, 1.82) is 0 Å². The highest BCUT2D eigenvalue weighted by molar-refractivity contribution is 6.05. The molecule has 2 rings (SSSR count). The molecule has 0 aliphatic carbocycles. The summed E-state index contributed by atoms with van der Waals surface area (Å²) in [6.07, 6.45) is 3.86. The van der Waals surface area contributed by atoms with Crippen molar-refractivity contribution < 1.29 is 4.79 Å². The predicted molar refractivity (Wildman–Crippen MR) is 93.9 cm³/mol. The summed E-state index contributed by atoms with van der Waals surface area (Å²) in [6.45, 7) is 11.2. The quantitative estimate of drug-likeness (QED) is 0.809. The molecule has 0 fully saturated rings. The van der Waals surface area contributed by atoms with Gasteiger partial charge in [-0.3, -0.25) is 4.79 Å². The fraction of sp³-hybridized carbons (Fsp3) is 0.611. The van der Waals surface area contributed by atoms with Crippen molar-refractivity contribution in [2.75, 3.05) is 13.6 Å². The molecule has 0 aliphatic rings. The van der Waals surface area contributed by atoms with Gasteiger partial charge in [0.2, 0.25) is 0 Å². The van der Waals surface area contributed by atoms with Crippen molar-refractivity contribution >= 4 is 16.9 Å². The van der Waals surface area contributed by atoms with Gasteiger partial charge in [0.25, 0.3) is 5.91 Å². The zero-order valence-electron chi connectivity index (χ0n) is 15.1. The molecule has 0 saturated heterocycles. The van der Waals surface area contributed by atoms with Crippen LogP contribution in [0.2, 0.25) is 0 Å². The van der Waals surface area contributed by atoms with E-state index in [1.165, 1.54) is 0 Å². The van der Waals surface area contributed by atoms with Crippen molar-refractivity contribution in [3.8, 4) is 0 Å². The van der Waals surface area contributed by atoms with Crippen LogP contribution in [-0.2, 0) is 0 Å². The largest absolute Gasteiger partial charge is 0.342 e. The summed E-state index contributed by atoms with van der Waals surface area (Å²) >= 11 is 0. The first-order valence-electron chi connectivity index (χ1n) is 8.50. The number of carbonyl (C=O) groups excluding carboxylic acids is 1. The van der Waals surface area contributed by atoms with E-state index in [9.17, 15) is 4.79 Å². The Morgan fingerprint density at radius 1 is 1.30 bits per heavy atom. The molecule has 2 aromatic heterocycles. The first kappa shape index (κ1) is 17.4. The number of amides is 1. The highest BCUT2D eigenvalue weighted by Gasteiger charge is 2.20. The van der Waals surface area contributed by atoms with Crippen LogP contribution in [0.15, 0.2) is 12.3 Å². The monoisotopic (exact) mass is 316 g/mol. The van der Waals surface area contributed by atoms with Crippen molar-refractivity contribution in [1.82, 2.24) is 19.7 Å². The molecular formula is C18H28N4O. The molecule has 0 spiro atoms. The van der Waals surface area contributed by atoms with E-state index in [4.69, 9.17) is 4.98 Å². The topological polar surface area (TPSA) is 51.0 Å². The maximum atomic E-state index is 12.9. The second-order valence-electron chi connectivity index (χ2n) is 6.75. The third kappa shape index (κ3) is 3.54. The highest BCUT2D eigenvalue weighted by Crippen LogP contribution is 2.25. The van der Waals surface area contributed by atoms with Crippen LogP contribution in [-0.4, -0.2) is 39.2 Å². The number of hydrogen-bond acceptors (Lipinski definition) is 3. The van der Waals surface area contributed by atoms with Crippen LogP contribution in [0, 0.1) is 0 Å². The summed E-state index contributed by atoms with van der Waals surface area (Å²) in [7, 11) is 1.87. The lowest BCUT2D eigenvalue weighted by Crippen LogP contribution is -2.28. The number of carbonyl (C=O) groups is 1. The maximum Gasteiger partial charge on any atom is 0.254 e. The Labute approximate surface area is 138 Å². The van der Waals surface area contributed by atoms with Crippen molar-refractivity contribution in [3.63, 3.8) is 0 Å². The van der Waals surface area contributed by atoms with E-state index >= 15 is 0 Å². The van der Waals surface area contributed by atoms with Gasteiger partial charge >= 0.3 is 0 Å². The molecule has 5 heteroatoms. The molecular weight excluding hydrogens is 288 g/mol. The van der Waals surface area contributed by atoms with Crippen LogP contribution in [0.3, 0.4) is 0 Å². The molecule has 0 aromatic carbocycles. The van der Waals surface area contributed by atoms with Gasteiger partial charge in [-0.2, -0.15) is 5.10 Å². The highest BCUT2D eigenvalue weighted by atomic mass is 16.2. The van der Waals surface area contributed by atoms with Gasteiger partial charge in [-0.15, -0.1) is 0 Å². The maximum absolute atomic E-state index is 12.9. The van der Waals surface area contributed by atoms with Gasteiger partial charge < -0.3 is 4.90 Å². The lowest BCUT2D eigenvalue weighted by Gasteiger charge is -2.18. The molecule has 0 saturated carbocycles. The minimum atomic E-state index is 0.0519. The summed E-state index contributed by atoms with van der Waals surface area (Å²) in [5, 5.41) is 5.29. The molecule has 23 heavy (non-hydrogen) atoms. The molecule has 0 radical (unpaired) electrons. The van der Waals surface area contributed by atoms with E-state index in [2.05, 4.69) is 39.7 Å². The molecule has 5 nitrogen and oxygen atoms in total. The second kappa shape index (κ2) is 7.11. The fourth-order valence-corrected chi connectivity index (χ4v) is 2.59. The van der Waals surface area contributed by atoms with E-state index in [0.29, 0.717) is 5.56 Å². The molecule has 0 N–H and O–H groups in total. The number of hydrogen-bond donors (Lipinski definition) is 0. The van der Waals surface area contributed by atoms with Crippen LogP contribution >= 0.6 is 0 Å². The van der Waals surface area contributed by atoms with Gasteiger partial charge in [0.15, 0.2) is 5.65 Å². The van der Waals surface area contributed by atoms with Gasteiger partial charge in [-0.25, -0.2) is 9.67 Å². The molecule has 1 amide bonds. The Balaban J connectivity index is 2.55. The summed E-state index contributed by atoms with van der Waals surface area (Å²) in [4.78, 5) is 19.4. The third-order valence-electron chi connectivity index (χ3n) is 4.09. The first-order chi connectivity index (χ1) is 10.9. The number of rotatable bonds is 6. The van der Waals surface area contributed by atoms with Crippen LogP contribution in [0.1, 0.15) is 75.5 Å². The van der Waals surface area contributed by atoms with E-state index in [0.717, 1.165) is 36.1 Å². The van der Waals surface area contributed by atoms with Crippen molar-refractivity contribution in [2.45, 2.75) is 59.4 Å². The number of pyridine rings is 1. The Bertz CT molecular complexity index is 688. The van der Waals surface area contributed by atoms with Crippen LogP contribution in [0.4, 0.5) is 0 Å². The number of fused-ring (bicyclic) bond motifs is 1. The smallest absolute Gasteiger partial charge is 0.254 e. The Morgan fingerprint density at radius 2 is 2.00 bits per heavy atom. The average molecular weight is 316 g/mol. The van der Waals surface area contributed by atoms with Crippen molar-refractivity contribution in [3.05, 3.63) is 23.5 Å². The zero-order chi connectivity index (χ0) is 17.1. The zero-order valence-corrected chi connectivity index (χ0v) is 15.1. The SMILES string of the molecule is CCCCN(C)C(=O)c1cc(C(C)C)nc2c1cnn2C(C)C. The molecule has 0 atom stereocenters. The molecule has 0 aliphatic heterocycles. The molecule has 0 unspecified atom stereocenters. The molecule has 126 valence electrons. The van der Waals surface area contributed by atoms with Gasteiger partial charge in [-0.1, -0.05) is 27.2 Å². The predicted octanol–water partition coefficient (Wildman–Crippen LogP) is 4.01. The summed E-state index contributed by atoms with van der Waals surface area (Å²) in [5.74, 6) is 0.318. The van der Waals surface area contributed by atoms with E-state index < -0.39 is 0 Å². The molecule has 0 bridgehead atoms. The lowest BCUT2D eigenvalue weighted by molar-refractivity contribution is 0.0795. The second-order valence-corrected chi connectivity index (χ2v) is 6.75. The number of aromatic nitrogens is 3. The first-order valence-corrected chi connectivity index (χ1v) is 8.50. The Hall–Kier alpha value is -1.91. The summed E-state index contributed by atoms with van der Waals surface area (Å²) in [6, 6.07) is 2.15. The Kier molecular flexibility index (Phi) is 5.39. The van der Waals surface area contributed by atoms with Crippen LogP contribution in [0.5, 0.6) is 0 Å². The fourth-order valence-electron chi connectivity index (χ4n) is 2.59. The van der Waals surface area contributed by atoms with Gasteiger partial charge in [0.1, 0.15) is 0 Å².